The van der Waals surface area contributed by atoms with Gasteiger partial charge in [0.2, 0.25) is 0 Å². The Labute approximate surface area is 173 Å². The fourth-order valence-corrected chi connectivity index (χ4v) is 3.31. The zero-order valence-electron chi connectivity index (χ0n) is 16.1. The molecule has 1 N–H and O–H groups in total. The van der Waals surface area contributed by atoms with Gasteiger partial charge in [0.15, 0.2) is 11.5 Å². The topological polar surface area (TPSA) is 64.3 Å². The Kier molecular flexibility index (Phi) is 4.79. The highest BCUT2D eigenvalue weighted by molar-refractivity contribution is 5.74. The number of fused-ring (bicyclic) bond motifs is 1. The van der Waals surface area contributed by atoms with Crippen molar-refractivity contribution in [1.29, 1.82) is 0 Å². The number of nitrogens with zero attached hydrogens (tertiary/aromatic N) is 4. The molecule has 5 aromatic rings. The van der Waals surface area contributed by atoms with E-state index >= 15 is 0 Å². The lowest BCUT2D eigenvalue weighted by atomic mass is 10.1. The normalized spacial score (nSPS) is 10.8. The molecule has 0 unspecified atom stereocenters. The van der Waals surface area contributed by atoms with Gasteiger partial charge in [-0.2, -0.15) is 0 Å². The first-order valence-electron chi connectivity index (χ1n) is 9.65. The van der Waals surface area contributed by atoms with Crippen molar-refractivity contribution in [3.05, 3.63) is 103 Å². The fraction of sp³-hybridized carbons (Fsp3) is 0.0417. The maximum atomic E-state index is 6.14. The van der Waals surface area contributed by atoms with E-state index in [-0.39, 0.29) is 0 Å². The molecule has 0 fully saturated rings. The minimum Gasteiger partial charge on any atom is -0.457 e. The number of ether oxygens (including phenoxy) is 1. The number of rotatable bonds is 6. The molecule has 6 nitrogen and oxygen atoms in total. The van der Waals surface area contributed by atoms with Crippen LogP contribution >= 0.6 is 0 Å². The van der Waals surface area contributed by atoms with Crippen LogP contribution in [0.3, 0.4) is 0 Å². The number of benzene rings is 2. The number of hydrogen-bond acceptors (Lipinski definition) is 5. The molecule has 3 heterocycles. The highest BCUT2D eigenvalue weighted by Gasteiger charge is 2.14. The van der Waals surface area contributed by atoms with Crippen molar-refractivity contribution in [2.45, 2.75) is 6.54 Å². The first-order valence-corrected chi connectivity index (χ1v) is 9.65. The summed E-state index contributed by atoms with van der Waals surface area (Å²) < 4.78 is 8.16. The molecule has 0 bridgehead atoms. The summed E-state index contributed by atoms with van der Waals surface area (Å²) in [6.07, 6.45) is 9.12. The van der Waals surface area contributed by atoms with Crippen molar-refractivity contribution in [1.82, 2.24) is 19.4 Å². The highest BCUT2D eigenvalue weighted by atomic mass is 16.5. The minimum atomic E-state index is 0.621. The summed E-state index contributed by atoms with van der Waals surface area (Å²) >= 11 is 0. The van der Waals surface area contributed by atoms with E-state index in [0.717, 1.165) is 34.0 Å². The molecular formula is C24H19N5O. The molecule has 2 aromatic carbocycles. The predicted molar refractivity (Wildman–Crippen MR) is 117 cm³/mol. The summed E-state index contributed by atoms with van der Waals surface area (Å²) in [5.41, 5.74) is 3.72. The second-order valence-electron chi connectivity index (χ2n) is 6.74. The van der Waals surface area contributed by atoms with Crippen LogP contribution < -0.4 is 10.1 Å². The number of hydrogen-bond donors (Lipinski definition) is 1. The summed E-state index contributed by atoms with van der Waals surface area (Å²) in [6.45, 7) is 0.621. The van der Waals surface area contributed by atoms with Crippen molar-refractivity contribution in [3.8, 4) is 22.8 Å². The van der Waals surface area contributed by atoms with Gasteiger partial charge in [-0.1, -0.05) is 36.4 Å². The van der Waals surface area contributed by atoms with Crippen LogP contribution in [-0.2, 0) is 6.54 Å². The van der Waals surface area contributed by atoms with Crippen molar-refractivity contribution in [3.63, 3.8) is 0 Å². The van der Waals surface area contributed by atoms with E-state index in [1.165, 1.54) is 0 Å². The number of aromatic nitrogens is 4. The lowest BCUT2D eigenvalue weighted by Gasteiger charge is -2.11. The second kappa shape index (κ2) is 8.05. The molecule has 0 aliphatic heterocycles. The Balaban J connectivity index is 1.49. The third kappa shape index (κ3) is 3.58. The molecule has 0 atom stereocenters. The van der Waals surface area contributed by atoms with Gasteiger partial charge in [0.25, 0.3) is 0 Å². The van der Waals surface area contributed by atoms with Gasteiger partial charge in [-0.3, -0.25) is 9.38 Å². The summed E-state index contributed by atoms with van der Waals surface area (Å²) in [6, 6.07) is 21.7. The van der Waals surface area contributed by atoms with Gasteiger partial charge in [0.1, 0.15) is 11.5 Å². The van der Waals surface area contributed by atoms with Crippen LogP contribution in [0.5, 0.6) is 11.5 Å². The van der Waals surface area contributed by atoms with Crippen LogP contribution in [0.15, 0.2) is 97.7 Å². The Hall–Kier alpha value is -4.19. The summed E-state index contributed by atoms with van der Waals surface area (Å²) in [5, 5.41) is 3.36. The van der Waals surface area contributed by atoms with Crippen LogP contribution in [0.25, 0.3) is 16.9 Å². The molecule has 146 valence electrons. The van der Waals surface area contributed by atoms with Crippen LogP contribution in [0.1, 0.15) is 5.56 Å². The van der Waals surface area contributed by atoms with E-state index < -0.39 is 0 Å². The molecule has 0 saturated heterocycles. The average molecular weight is 393 g/mol. The summed E-state index contributed by atoms with van der Waals surface area (Å²) in [4.78, 5) is 13.2. The van der Waals surface area contributed by atoms with E-state index in [2.05, 4.69) is 20.3 Å². The molecule has 0 radical (unpaired) electrons. The Bertz CT molecular complexity index is 1270. The third-order valence-electron chi connectivity index (χ3n) is 4.74. The zero-order chi connectivity index (χ0) is 20.2. The number of pyridine rings is 1. The van der Waals surface area contributed by atoms with Crippen LogP contribution in [0.2, 0.25) is 0 Å². The van der Waals surface area contributed by atoms with Gasteiger partial charge in [-0.25, -0.2) is 9.97 Å². The maximum Gasteiger partial charge on any atom is 0.180 e. The SMILES string of the molecule is c1ccc(Oc2ccccc2-c2cnc3c(NCc4cccnc4)nccn23)cc1. The lowest BCUT2D eigenvalue weighted by molar-refractivity contribution is 0.484. The Morgan fingerprint density at radius 3 is 2.57 bits per heavy atom. The molecule has 0 spiro atoms. The molecule has 0 saturated carbocycles. The summed E-state index contributed by atoms with van der Waals surface area (Å²) in [5.74, 6) is 2.28. The molecule has 3 aromatic heterocycles. The van der Waals surface area contributed by atoms with Gasteiger partial charge in [-0.05, 0) is 35.9 Å². The number of anilines is 1. The monoisotopic (exact) mass is 393 g/mol. The van der Waals surface area contributed by atoms with Crippen molar-refractivity contribution < 1.29 is 4.74 Å². The minimum absolute atomic E-state index is 0.621. The molecule has 30 heavy (non-hydrogen) atoms. The number of para-hydroxylation sites is 2. The highest BCUT2D eigenvalue weighted by Crippen LogP contribution is 2.34. The average Bonchev–Trinajstić information content (AvgIpc) is 3.24. The molecule has 6 heteroatoms. The number of nitrogens with one attached hydrogen (secondary N) is 1. The molecule has 0 aliphatic rings. The van der Waals surface area contributed by atoms with Gasteiger partial charge < -0.3 is 10.1 Å². The van der Waals surface area contributed by atoms with E-state index in [0.29, 0.717) is 12.4 Å². The van der Waals surface area contributed by atoms with Crippen LogP contribution in [0, 0.1) is 0 Å². The van der Waals surface area contributed by atoms with Gasteiger partial charge in [0.05, 0.1) is 11.9 Å². The molecule has 0 aliphatic carbocycles. The first-order chi connectivity index (χ1) is 14.9. The Morgan fingerprint density at radius 1 is 0.833 bits per heavy atom. The Morgan fingerprint density at radius 2 is 1.70 bits per heavy atom. The van der Waals surface area contributed by atoms with Crippen LogP contribution in [0.4, 0.5) is 5.82 Å². The maximum absolute atomic E-state index is 6.14. The standard InChI is InChI=1S/C24H19N5O/c1-2-8-19(9-3-1)30-22-11-5-4-10-20(22)21-17-28-24-23(26-13-14-29(21)24)27-16-18-7-6-12-25-15-18/h1-15,17H,16H2,(H,26,27). The van der Waals surface area contributed by atoms with Gasteiger partial charge in [-0.15, -0.1) is 0 Å². The zero-order valence-corrected chi connectivity index (χ0v) is 16.1. The predicted octanol–water partition coefficient (Wildman–Crippen LogP) is 5.20. The van der Waals surface area contributed by atoms with Crippen molar-refractivity contribution >= 4 is 11.5 Å². The van der Waals surface area contributed by atoms with E-state index in [9.17, 15) is 0 Å². The number of imidazole rings is 1. The third-order valence-corrected chi connectivity index (χ3v) is 4.74. The van der Waals surface area contributed by atoms with E-state index in [1.54, 1.807) is 12.4 Å². The van der Waals surface area contributed by atoms with Gasteiger partial charge in [0, 0.05) is 36.9 Å². The van der Waals surface area contributed by atoms with Crippen LogP contribution in [-0.4, -0.2) is 19.4 Å². The molecule has 5 rings (SSSR count). The quantitative estimate of drug-likeness (QED) is 0.430. The van der Waals surface area contributed by atoms with Crippen molar-refractivity contribution in [2.75, 3.05) is 5.32 Å². The smallest absolute Gasteiger partial charge is 0.180 e. The van der Waals surface area contributed by atoms with E-state index in [4.69, 9.17) is 4.74 Å². The first kappa shape index (κ1) is 17.9. The van der Waals surface area contributed by atoms with E-state index in [1.807, 2.05) is 89.7 Å². The van der Waals surface area contributed by atoms with Gasteiger partial charge >= 0.3 is 0 Å². The molecule has 0 amide bonds. The second-order valence-corrected chi connectivity index (χ2v) is 6.74. The molecular weight excluding hydrogens is 374 g/mol. The fourth-order valence-electron chi connectivity index (χ4n) is 3.31. The summed E-state index contributed by atoms with van der Waals surface area (Å²) in [7, 11) is 0. The lowest BCUT2D eigenvalue weighted by Crippen LogP contribution is -2.04. The van der Waals surface area contributed by atoms with Crippen molar-refractivity contribution in [2.24, 2.45) is 0 Å². The largest absolute Gasteiger partial charge is 0.457 e.